The number of halogens is 1. The van der Waals surface area contributed by atoms with Gasteiger partial charge in [-0.15, -0.1) is 11.3 Å². The van der Waals surface area contributed by atoms with Gasteiger partial charge >= 0.3 is 0 Å². The van der Waals surface area contributed by atoms with Gasteiger partial charge in [-0.2, -0.15) is 4.31 Å². The van der Waals surface area contributed by atoms with Crippen molar-refractivity contribution in [3.8, 4) is 0 Å². The SMILES string of the molecule is O=C(C1CCCN(S(=O)(=O)c2ccc(Br)s2)C1)N1CCC(O)CC1. The van der Waals surface area contributed by atoms with Crippen LogP contribution in [0.15, 0.2) is 20.1 Å². The Morgan fingerprint density at radius 3 is 2.54 bits per heavy atom. The van der Waals surface area contributed by atoms with Crippen molar-refractivity contribution in [3.05, 3.63) is 15.9 Å². The molecule has 3 rings (SSSR count). The highest BCUT2D eigenvalue weighted by Crippen LogP contribution is 2.31. The monoisotopic (exact) mass is 436 g/mol. The van der Waals surface area contributed by atoms with Crippen molar-refractivity contribution in [1.82, 2.24) is 9.21 Å². The molecule has 0 aromatic carbocycles. The Morgan fingerprint density at radius 1 is 1.21 bits per heavy atom. The average molecular weight is 437 g/mol. The molecule has 0 saturated carbocycles. The normalized spacial score (nSPS) is 24.2. The minimum Gasteiger partial charge on any atom is -0.393 e. The molecule has 0 bridgehead atoms. The van der Waals surface area contributed by atoms with E-state index < -0.39 is 10.0 Å². The number of likely N-dealkylation sites (tertiary alicyclic amines) is 1. The summed E-state index contributed by atoms with van der Waals surface area (Å²) in [5.41, 5.74) is 0. The van der Waals surface area contributed by atoms with E-state index >= 15 is 0 Å². The molecule has 3 heterocycles. The molecule has 134 valence electrons. The van der Waals surface area contributed by atoms with Crippen molar-refractivity contribution < 1.29 is 18.3 Å². The number of thiophene rings is 1. The fourth-order valence-electron chi connectivity index (χ4n) is 3.27. The number of hydrogen-bond donors (Lipinski definition) is 1. The van der Waals surface area contributed by atoms with Gasteiger partial charge < -0.3 is 10.0 Å². The fourth-order valence-corrected chi connectivity index (χ4v) is 6.96. The first-order valence-corrected chi connectivity index (χ1v) is 11.2. The van der Waals surface area contributed by atoms with Crippen LogP contribution in [0.25, 0.3) is 0 Å². The third-order valence-corrected chi connectivity index (χ3v) is 8.61. The van der Waals surface area contributed by atoms with Gasteiger partial charge in [-0.05, 0) is 53.7 Å². The molecule has 6 nitrogen and oxygen atoms in total. The molecule has 1 unspecified atom stereocenters. The first-order chi connectivity index (χ1) is 11.4. The van der Waals surface area contributed by atoms with Crippen LogP contribution < -0.4 is 0 Å². The maximum atomic E-state index is 12.7. The first-order valence-electron chi connectivity index (χ1n) is 8.10. The molecule has 1 aromatic rings. The third kappa shape index (κ3) is 3.85. The van der Waals surface area contributed by atoms with Crippen molar-refractivity contribution in [3.63, 3.8) is 0 Å². The fraction of sp³-hybridized carbons (Fsp3) is 0.667. The van der Waals surface area contributed by atoms with Gasteiger partial charge in [0.15, 0.2) is 0 Å². The molecule has 24 heavy (non-hydrogen) atoms. The summed E-state index contributed by atoms with van der Waals surface area (Å²) in [6.45, 7) is 1.82. The standard InChI is InChI=1S/C15H21BrN2O4S2/c16-13-3-4-14(23-13)24(21,22)18-7-1-2-11(10-18)15(20)17-8-5-12(19)6-9-17/h3-4,11-12,19H,1-2,5-10H2. The minimum absolute atomic E-state index is 0.0224. The minimum atomic E-state index is -3.54. The number of sulfonamides is 1. The van der Waals surface area contributed by atoms with Crippen molar-refractivity contribution in [2.75, 3.05) is 26.2 Å². The van der Waals surface area contributed by atoms with Crippen LogP contribution in [0.3, 0.4) is 0 Å². The highest BCUT2D eigenvalue weighted by molar-refractivity contribution is 9.11. The number of amides is 1. The lowest BCUT2D eigenvalue weighted by molar-refractivity contribution is -0.138. The van der Waals surface area contributed by atoms with E-state index in [0.29, 0.717) is 43.1 Å². The van der Waals surface area contributed by atoms with E-state index in [9.17, 15) is 18.3 Å². The van der Waals surface area contributed by atoms with Crippen LogP contribution in [0.2, 0.25) is 0 Å². The van der Waals surface area contributed by atoms with Gasteiger partial charge in [0, 0.05) is 26.2 Å². The van der Waals surface area contributed by atoms with Crippen molar-refractivity contribution in [1.29, 1.82) is 0 Å². The van der Waals surface area contributed by atoms with E-state index in [1.54, 1.807) is 17.0 Å². The second-order valence-corrected chi connectivity index (χ2v) is 10.9. The molecule has 2 saturated heterocycles. The Labute approximate surface area is 154 Å². The lowest BCUT2D eigenvalue weighted by Gasteiger charge is -2.36. The summed E-state index contributed by atoms with van der Waals surface area (Å²) in [7, 11) is -3.54. The van der Waals surface area contributed by atoms with Crippen molar-refractivity contribution in [2.45, 2.75) is 36.0 Å². The molecule has 2 aliphatic rings. The molecule has 9 heteroatoms. The smallest absolute Gasteiger partial charge is 0.252 e. The lowest BCUT2D eigenvalue weighted by atomic mass is 9.96. The second-order valence-electron chi connectivity index (χ2n) is 6.32. The van der Waals surface area contributed by atoms with Crippen LogP contribution in [-0.4, -0.2) is 60.9 Å². The van der Waals surface area contributed by atoms with Crippen LogP contribution in [0.1, 0.15) is 25.7 Å². The third-order valence-electron chi connectivity index (χ3n) is 4.65. The number of carbonyl (C=O) groups excluding carboxylic acids is 1. The van der Waals surface area contributed by atoms with E-state index in [0.717, 1.165) is 10.2 Å². The van der Waals surface area contributed by atoms with Gasteiger partial charge in [0.25, 0.3) is 10.0 Å². The second kappa shape index (κ2) is 7.41. The van der Waals surface area contributed by atoms with Crippen molar-refractivity contribution in [2.24, 2.45) is 5.92 Å². The average Bonchev–Trinajstić information content (AvgIpc) is 3.02. The van der Waals surface area contributed by atoms with Crippen molar-refractivity contribution >= 4 is 43.2 Å². The predicted molar refractivity (Wildman–Crippen MR) is 95.3 cm³/mol. The molecule has 0 aliphatic carbocycles. The number of aliphatic hydroxyl groups excluding tert-OH is 1. The topological polar surface area (TPSA) is 77.9 Å². The number of nitrogens with zero attached hydrogens (tertiary/aromatic N) is 2. The molecular formula is C15H21BrN2O4S2. The van der Waals surface area contributed by atoms with Crippen LogP contribution in [0.4, 0.5) is 0 Å². The number of piperidine rings is 2. The summed E-state index contributed by atoms with van der Waals surface area (Å²) < 4.78 is 28.0. The number of rotatable bonds is 3. The zero-order valence-electron chi connectivity index (χ0n) is 13.2. The summed E-state index contributed by atoms with van der Waals surface area (Å²) in [5.74, 6) is -0.263. The highest BCUT2D eigenvalue weighted by atomic mass is 79.9. The summed E-state index contributed by atoms with van der Waals surface area (Å²) in [4.78, 5) is 14.5. The Bertz CT molecular complexity index is 698. The van der Waals surface area contributed by atoms with Gasteiger partial charge in [-0.25, -0.2) is 8.42 Å². The van der Waals surface area contributed by atoms with Gasteiger partial charge in [-0.1, -0.05) is 0 Å². The van der Waals surface area contributed by atoms with E-state index in [4.69, 9.17) is 0 Å². The summed E-state index contributed by atoms with van der Waals surface area (Å²) in [5, 5.41) is 9.57. The lowest BCUT2D eigenvalue weighted by Crippen LogP contribution is -2.49. The van der Waals surface area contributed by atoms with Gasteiger partial charge in [0.2, 0.25) is 5.91 Å². The van der Waals surface area contributed by atoms with Crippen LogP contribution in [0, 0.1) is 5.92 Å². The van der Waals surface area contributed by atoms with Gasteiger partial charge in [-0.3, -0.25) is 4.79 Å². The molecule has 1 amide bonds. The number of carbonyl (C=O) groups is 1. The largest absolute Gasteiger partial charge is 0.393 e. The quantitative estimate of drug-likeness (QED) is 0.784. The maximum absolute atomic E-state index is 12.7. The summed E-state index contributed by atoms with van der Waals surface area (Å²) in [6, 6.07) is 3.32. The molecular weight excluding hydrogens is 416 g/mol. The Kier molecular flexibility index (Phi) is 5.65. The van der Waals surface area contributed by atoms with E-state index in [1.807, 2.05) is 0 Å². The molecule has 1 N–H and O–H groups in total. The van der Waals surface area contributed by atoms with Crippen LogP contribution in [-0.2, 0) is 14.8 Å². The summed E-state index contributed by atoms with van der Waals surface area (Å²) in [6.07, 6.45) is 2.29. The summed E-state index contributed by atoms with van der Waals surface area (Å²) >= 11 is 4.49. The van der Waals surface area contributed by atoms with E-state index in [-0.39, 0.29) is 24.5 Å². The maximum Gasteiger partial charge on any atom is 0.252 e. The number of aliphatic hydroxyl groups is 1. The highest BCUT2D eigenvalue weighted by Gasteiger charge is 2.36. The molecule has 0 spiro atoms. The molecule has 1 atom stereocenters. The predicted octanol–water partition coefficient (Wildman–Crippen LogP) is 1.89. The molecule has 0 radical (unpaired) electrons. The number of hydrogen-bond acceptors (Lipinski definition) is 5. The van der Waals surface area contributed by atoms with Crippen LogP contribution >= 0.6 is 27.3 Å². The zero-order valence-corrected chi connectivity index (χ0v) is 16.4. The van der Waals surface area contributed by atoms with Crippen LogP contribution in [0.5, 0.6) is 0 Å². The Hall–Kier alpha value is -0.480. The molecule has 1 aromatic heterocycles. The van der Waals surface area contributed by atoms with Gasteiger partial charge in [0.1, 0.15) is 4.21 Å². The first kappa shape index (κ1) is 18.3. The Balaban J connectivity index is 1.69. The Morgan fingerprint density at radius 2 is 1.92 bits per heavy atom. The molecule has 2 fully saturated rings. The van der Waals surface area contributed by atoms with E-state index in [1.165, 1.54) is 15.6 Å². The zero-order chi connectivity index (χ0) is 17.3. The molecule has 2 aliphatic heterocycles. The van der Waals surface area contributed by atoms with Gasteiger partial charge in [0.05, 0.1) is 15.8 Å². The van der Waals surface area contributed by atoms with E-state index in [2.05, 4.69) is 15.9 Å².